The molecule has 0 aliphatic carbocycles. The molecule has 1 rings (SSSR count). The monoisotopic (exact) mass is 273 g/mol. The first-order valence-electron chi connectivity index (χ1n) is 4.00. The Morgan fingerprint density at radius 1 is 1.53 bits per heavy atom. The van der Waals surface area contributed by atoms with Crippen molar-refractivity contribution in [1.82, 2.24) is 0 Å². The number of carbonyl (C=O) groups excluding carboxylic acids is 1. The van der Waals surface area contributed by atoms with E-state index in [1.54, 1.807) is 0 Å². The van der Waals surface area contributed by atoms with Crippen LogP contribution in [0.5, 0.6) is 0 Å². The number of carbonyl (C=O) groups is 1. The molecule has 6 heteroatoms. The molecule has 0 aliphatic heterocycles. The first-order chi connectivity index (χ1) is 6.99. The van der Waals surface area contributed by atoms with Gasteiger partial charge in [0.05, 0.1) is 22.1 Å². The van der Waals surface area contributed by atoms with Gasteiger partial charge in [0.25, 0.3) is 5.69 Å². The van der Waals surface area contributed by atoms with Crippen LogP contribution in [0.25, 0.3) is 0 Å². The molecule has 0 N–H and O–H groups in total. The number of ether oxygens (including phenoxy) is 1. The second-order valence-corrected chi connectivity index (χ2v) is 3.67. The molecule has 0 amide bonds. The van der Waals surface area contributed by atoms with Crippen LogP contribution in [-0.4, -0.2) is 18.0 Å². The summed E-state index contributed by atoms with van der Waals surface area (Å²) in [5, 5.41) is 10.7. The van der Waals surface area contributed by atoms with Crippen LogP contribution in [0.2, 0.25) is 0 Å². The number of benzene rings is 1. The summed E-state index contributed by atoms with van der Waals surface area (Å²) in [5.41, 5.74) is 0.381. The molecule has 0 fully saturated rings. The average Bonchev–Trinajstić information content (AvgIpc) is 2.16. The summed E-state index contributed by atoms with van der Waals surface area (Å²) in [6, 6.07) is 2.94. The predicted octanol–water partition coefficient (Wildman–Crippen LogP) is 2.45. The van der Waals surface area contributed by atoms with E-state index in [-0.39, 0.29) is 11.3 Å². The maximum absolute atomic E-state index is 11.3. The first-order valence-corrected chi connectivity index (χ1v) is 4.80. The van der Waals surface area contributed by atoms with Crippen LogP contribution in [-0.2, 0) is 4.74 Å². The minimum Gasteiger partial charge on any atom is -0.465 e. The van der Waals surface area contributed by atoms with Crippen LogP contribution in [0.3, 0.4) is 0 Å². The molecule has 1 aromatic rings. The fourth-order valence-electron chi connectivity index (χ4n) is 1.22. The molecule has 80 valence electrons. The maximum atomic E-state index is 11.3. The van der Waals surface area contributed by atoms with Gasteiger partial charge >= 0.3 is 5.97 Å². The van der Waals surface area contributed by atoms with Crippen LogP contribution in [0.4, 0.5) is 5.69 Å². The minimum absolute atomic E-state index is 0.113. The van der Waals surface area contributed by atoms with E-state index in [0.29, 0.717) is 10.0 Å². The SMILES string of the molecule is COC(=O)c1ccc(Br)c([N+](=O)[O-])c1C. The molecule has 0 radical (unpaired) electrons. The van der Waals surface area contributed by atoms with Gasteiger partial charge in [-0.05, 0) is 35.0 Å². The Hall–Kier alpha value is -1.43. The maximum Gasteiger partial charge on any atom is 0.338 e. The largest absolute Gasteiger partial charge is 0.465 e. The number of esters is 1. The molecule has 0 saturated heterocycles. The lowest BCUT2D eigenvalue weighted by atomic mass is 10.1. The summed E-state index contributed by atoms with van der Waals surface area (Å²) < 4.78 is 4.86. The van der Waals surface area contributed by atoms with Crippen molar-refractivity contribution in [1.29, 1.82) is 0 Å². The summed E-state index contributed by atoms with van der Waals surface area (Å²) in [6.07, 6.45) is 0. The zero-order valence-corrected chi connectivity index (χ0v) is 9.70. The van der Waals surface area contributed by atoms with Gasteiger partial charge < -0.3 is 4.74 Å². The van der Waals surface area contributed by atoms with Crippen LogP contribution >= 0.6 is 15.9 Å². The molecule has 1 aromatic carbocycles. The number of methoxy groups -OCH3 is 1. The normalized spacial score (nSPS) is 9.80. The van der Waals surface area contributed by atoms with Crippen molar-refractivity contribution in [3.05, 3.63) is 37.8 Å². The van der Waals surface area contributed by atoms with E-state index in [2.05, 4.69) is 20.7 Å². The lowest BCUT2D eigenvalue weighted by Gasteiger charge is -2.05. The fraction of sp³-hybridized carbons (Fsp3) is 0.222. The zero-order chi connectivity index (χ0) is 11.6. The van der Waals surface area contributed by atoms with E-state index in [1.807, 2.05) is 0 Å². The summed E-state index contributed by atoms with van der Waals surface area (Å²) in [4.78, 5) is 21.5. The minimum atomic E-state index is -0.580. The van der Waals surface area contributed by atoms with Gasteiger partial charge in [-0.25, -0.2) is 4.79 Å². The molecule has 15 heavy (non-hydrogen) atoms. The predicted molar refractivity (Wildman–Crippen MR) is 56.9 cm³/mol. The van der Waals surface area contributed by atoms with Crippen LogP contribution in [0.15, 0.2) is 16.6 Å². The van der Waals surface area contributed by atoms with Crippen LogP contribution in [0.1, 0.15) is 15.9 Å². The third kappa shape index (κ3) is 2.15. The van der Waals surface area contributed by atoms with Crippen molar-refractivity contribution in [2.45, 2.75) is 6.92 Å². The summed E-state index contributed by atoms with van der Waals surface area (Å²) in [6.45, 7) is 1.51. The van der Waals surface area contributed by atoms with Gasteiger partial charge in [0.2, 0.25) is 0 Å². The molecule has 0 unspecified atom stereocenters. The second-order valence-electron chi connectivity index (χ2n) is 2.82. The molecular formula is C9H8BrNO4. The summed E-state index contributed by atoms with van der Waals surface area (Å²) >= 11 is 3.06. The average molecular weight is 274 g/mol. The Kier molecular flexibility index (Phi) is 3.41. The number of hydrogen-bond acceptors (Lipinski definition) is 4. The van der Waals surface area contributed by atoms with Crippen molar-refractivity contribution in [2.24, 2.45) is 0 Å². The number of rotatable bonds is 2. The quantitative estimate of drug-likeness (QED) is 0.472. The van der Waals surface area contributed by atoms with Crippen molar-refractivity contribution < 1.29 is 14.5 Å². The van der Waals surface area contributed by atoms with E-state index in [4.69, 9.17) is 0 Å². The Bertz CT molecular complexity index is 430. The third-order valence-corrected chi connectivity index (χ3v) is 2.61. The van der Waals surface area contributed by atoms with Gasteiger partial charge in [0, 0.05) is 5.56 Å². The second kappa shape index (κ2) is 4.39. The Balaban J connectivity index is 3.41. The van der Waals surface area contributed by atoms with E-state index in [9.17, 15) is 14.9 Å². The summed E-state index contributed by atoms with van der Waals surface area (Å²) in [5.74, 6) is -0.580. The highest BCUT2D eigenvalue weighted by molar-refractivity contribution is 9.10. The van der Waals surface area contributed by atoms with Crippen LogP contribution < -0.4 is 0 Å². The fourth-order valence-corrected chi connectivity index (χ4v) is 1.80. The molecule has 0 saturated carbocycles. The molecule has 0 aromatic heterocycles. The molecule has 0 heterocycles. The van der Waals surface area contributed by atoms with E-state index in [1.165, 1.54) is 26.2 Å². The van der Waals surface area contributed by atoms with Gasteiger partial charge in [0.15, 0.2) is 0 Å². The van der Waals surface area contributed by atoms with Crippen molar-refractivity contribution in [3.63, 3.8) is 0 Å². The van der Waals surface area contributed by atoms with Gasteiger partial charge in [-0.1, -0.05) is 0 Å². The lowest BCUT2D eigenvalue weighted by molar-refractivity contribution is -0.386. The first kappa shape index (κ1) is 11.6. The molecule has 0 bridgehead atoms. The van der Waals surface area contributed by atoms with Crippen molar-refractivity contribution in [3.8, 4) is 0 Å². The zero-order valence-electron chi connectivity index (χ0n) is 8.11. The number of nitrogens with zero attached hydrogens (tertiary/aromatic N) is 1. The Labute approximate surface area is 94.3 Å². The number of hydrogen-bond donors (Lipinski definition) is 0. The van der Waals surface area contributed by atoms with Gasteiger partial charge in [0.1, 0.15) is 0 Å². The molecular weight excluding hydrogens is 266 g/mol. The lowest BCUT2D eigenvalue weighted by Crippen LogP contribution is -2.06. The van der Waals surface area contributed by atoms with E-state index in [0.717, 1.165) is 0 Å². The van der Waals surface area contributed by atoms with Crippen molar-refractivity contribution >= 4 is 27.6 Å². The topological polar surface area (TPSA) is 69.4 Å². The molecule has 0 spiro atoms. The number of nitro benzene ring substituents is 1. The highest BCUT2D eigenvalue weighted by Crippen LogP contribution is 2.30. The third-order valence-electron chi connectivity index (χ3n) is 1.97. The van der Waals surface area contributed by atoms with E-state index >= 15 is 0 Å². The Morgan fingerprint density at radius 2 is 2.13 bits per heavy atom. The van der Waals surface area contributed by atoms with Gasteiger partial charge in [-0.3, -0.25) is 10.1 Å². The molecule has 0 atom stereocenters. The smallest absolute Gasteiger partial charge is 0.338 e. The molecule has 0 aliphatic rings. The van der Waals surface area contributed by atoms with Crippen LogP contribution in [0, 0.1) is 17.0 Å². The highest BCUT2D eigenvalue weighted by Gasteiger charge is 2.22. The number of nitro groups is 1. The Morgan fingerprint density at radius 3 is 2.60 bits per heavy atom. The standard InChI is InChI=1S/C9H8BrNO4/c1-5-6(9(12)15-2)3-4-7(10)8(5)11(13)14/h3-4H,1-2H3. The number of halogens is 1. The van der Waals surface area contributed by atoms with E-state index < -0.39 is 10.9 Å². The molecule has 5 nitrogen and oxygen atoms in total. The van der Waals surface area contributed by atoms with Gasteiger partial charge in [-0.2, -0.15) is 0 Å². The van der Waals surface area contributed by atoms with Gasteiger partial charge in [-0.15, -0.1) is 0 Å². The van der Waals surface area contributed by atoms with Crippen molar-refractivity contribution in [2.75, 3.05) is 7.11 Å². The highest BCUT2D eigenvalue weighted by atomic mass is 79.9. The summed E-state index contributed by atoms with van der Waals surface area (Å²) in [7, 11) is 1.23.